The van der Waals surface area contributed by atoms with E-state index in [1.807, 2.05) is 0 Å². The Kier molecular flexibility index (Phi) is 3.31. The molecule has 0 saturated carbocycles. The summed E-state index contributed by atoms with van der Waals surface area (Å²) in [5.74, 6) is 0. The molecular formula is C22H20. The fourth-order valence-electron chi connectivity index (χ4n) is 3.65. The minimum Gasteiger partial charge on any atom is -0.0622 e. The first-order valence-corrected chi connectivity index (χ1v) is 8.06. The second-order valence-corrected chi connectivity index (χ2v) is 6.21. The zero-order valence-corrected chi connectivity index (χ0v) is 13.0. The molecule has 0 nitrogen and oxygen atoms in total. The summed E-state index contributed by atoms with van der Waals surface area (Å²) in [7, 11) is 0. The maximum Gasteiger partial charge on any atom is -0.00106 e. The van der Waals surface area contributed by atoms with Gasteiger partial charge in [0, 0.05) is 0 Å². The lowest BCUT2D eigenvalue weighted by Crippen LogP contribution is -1.99. The van der Waals surface area contributed by atoms with Crippen LogP contribution in [0.15, 0.2) is 66.7 Å². The van der Waals surface area contributed by atoms with Crippen LogP contribution in [0.1, 0.15) is 27.8 Å². The molecule has 0 amide bonds. The van der Waals surface area contributed by atoms with Gasteiger partial charge in [-0.25, -0.2) is 0 Å². The van der Waals surface area contributed by atoms with Gasteiger partial charge in [-0.05, 0) is 65.1 Å². The first-order chi connectivity index (χ1) is 10.8. The predicted molar refractivity (Wildman–Crippen MR) is 93.3 cm³/mol. The molecule has 0 saturated heterocycles. The number of fused-ring (bicyclic) bond motifs is 3. The molecule has 3 aromatic carbocycles. The average molecular weight is 284 g/mol. The van der Waals surface area contributed by atoms with Gasteiger partial charge >= 0.3 is 0 Å². The number of hydrogen-bond acceptors (Lipinski definition) is 0. The van der Waals surface area contributed by atoms with E-state index in [-0.39, 0.29) is 0 Å². The zero-order chi connectivity index (χ0) is 14.9. The molecule has 108 valence electrons. The molecule has 0 atom stereocenters. The topological polar surface area (TPSA) is 0 Å². The highest BCUT2D eigenvalue weighted by atomic mass is 14.2. The summed E-state index contributed by atoms with van der Waals surface area (Å²) in [6.07, 6.45) is 3.35. The third-order valence-electron chi connectivity index (χ3n) is 4.85. The van der Waals surface area contributed by atoms with Crippen LogP contribution in [-0.2, 0) is 19.3 Å². The van der Waals surface area contributed by atoms with Gasteiger partial charge in [-0.2, -0.15) is 0 Å². The lowest BCUT2D eigenvalue weighted by molar-refractivity contribution is 0.932. The summed E-state index contributed by atoms with van der Waals surface area (Å²) in [5, 5.41) is 0. The maximum absolute atomic E-state index is 2.31. The Bertz CT molecular complexity index is 813. The molecule has 3 aromatic rings. The molecule has 1 aliphatic carbocycles. The van der Waals surface area contributed by atoms with Crippen LogP contribution in [0.2, 0.25) is 0 Å². The van der Waals surface area contributed by atoms with E-state index in [1.54, 1.807) is 11.1 Å². The molecule has 0 radical (unpaired) electrons. The monoisotopic (exact) mass is 284 g/mol. The molecular weight excluding hydrogens is 264 g/mol. The number of benzene rings is 3. The molecule has 0 fully saturated rings. The van der Waals surface area contributed by atoms with Crippen molar-refractivity contribution in [2.75, 3.05) is 0 Å². The molecule has 0 aromatic heterocycles. The van der Waals surface area contributed by atoms with Crippen LogP contribution < -0.4 is 0 Å². The number of aryl methyl sites for hydroxylation is 2. The van der Waals surface area contributed by atoms with E-state index in [0.717, 1.165) is 19.3 Å². The molecule has 0 heterocycles. The number of rotatable bonds is 3. The van der Waals surface area contributed by atoms with E-state index < -0.39 is 0 Å². The van der Waals surface area contributed by atoms with E-state index in [9.17, 15) is 0 Å². The van der Waals surface area contributed by atoms with Gasteiger partial charge in [0.1, 0.15) is 0 Å². The molecule has 22 heavy (non-hydrogen) atoms. The van der Waals surface area contributed by atoms with Gasteiger partial charge in [-0.1, -0.05) is 66.7 Å². The average Bonchev–Trinajstić information content (AvgIpc) is 2.93. The van der Waals surface area contributed by atoms with E-state index in [0.29, 0.717) is 0 Å². The van der Waals surface area contributed by atoms with Crippen molar-refractivity contribution in [1.29, 1.82) is 0 Å². The van der Waals surface area contributed by atoms with Crippen LogP contribution >= 0.6 is 0 Å². The molecule has 0 aliphatic heterocycles. The minimum atomic E-state index is 1.09. The van der Waals surface area contributed by atoms with Crippen LogP contribution in [0.25, 0.3) is 11.1 Å². The summed E-state index contributed by atoms with van der Waals surface area (Å²) < 4.78 is 0. The first-order valence-electron chi connectivity index (χ1n) is 8.06. The van der Waals surface area contributed by atoms with Crippen molar-refractivity contribution in [3.05, 3.63) is 94.5 Å². The molecule has 0 N–H and O–H groups in total. The molecule has 4 rings (SSSR count). The third-order valence-corrected chi connectivity index (χ3v) is 4.85. The van der Waals surface area contributed by atoms with Crippen molar-refractivity contribution >= 4 is 0 Å². The van der Waals surface area contributed by atoms with Crippen molar-refractivity contribution in [3.8, 4) is 11.1 Å². The zero-order valence-electron chi connectivity index (χ0n) is 13.0. The molecule has 0 spiro atoms. The van der Waals surface area contributed by atoms with Gasteiger partial charge in [0.15, 0.2) is 0 Å². The molecule has 1 aliphatic rings. The highest BCUT2D eigenvalue weighted by Gasteiger charge is 2.21. The largest absolute Gasteiger partial charge is 0.0622 e. The summed E-state index contributed by atoms with van der Waals surface area (Å²) in [4.78, 5) is 0. The molecule has 0 heteroatoms. The summed E-state index contributed by atoms with van der Waals surface area (Å²) >= 11 is 0. The van der Waals surface area contributed by atoms with Crippen LogP contribution in [0.3, 0.4) is 0 Å². The Hall–Kier alpha value is -2.34. The summed E-state index contributed by atoms with van der Waals surface area (Å²) in [5.41, 5.74) is 10.3. The standard InChI is InChI=1S/C22H20/c1-16-11-13-21-20-10-6-5-9-18(20)15-22(21)19(16)14-12-17-7-3-2-4-8-17/h2-11,13H,12,14-15H2,1H3. The fraction of sp³-hybridized carbons (Fsp3) is 0.182. The lowest BCUT2D eigenvalue weighted by atomic mass is 9.92. The van der Waals surface area contributed by atoms with Crippen molar-refractivity contribution in [3.63, 3.8) is 0 Å². The Morgan fingerprint density at radius 3 is 2.36 bits per heavy atom. The van der Waals surface area contributed by atoms with Crippen molar-refractivity contribution < 1.29 is 0 Å². The second-order valence-electron chi connectivity index (χ2n) is 6.21. The SMILES string of the molecule is Cc1ccc2c(c1CCc1ccccc1)Cc1ccccc1-2. The quantitative estimate of drug-likeness (QED) is 0.475. The van der Waals surface area contributed by atoms with Crippen LogP contribution in [0.4, 0.5) is 0 Å². The maximum atomic E-state index is 2.31. The Balaban J connectivity index is 1.69. The van der Waals surface area contributed by atoms with Gasteiger partial charge in [0.05, 0.1) is 0 Å². The van der Waals surface area contributed by atoms with E-state index in [2.05, 4.69) is 73.7 Å². The van der Waals surface area contributed by atoms with Gasteiger partial charge in [0.2, 0.25) is 0 Å². The van der Waals surface area contributed by atoms with Crippen LogP contribution in [0.5, 0.6) is 0 Å². The van der Waals surface area contributed by atoms with E-state index in [4.69, 9.17) is 0 Å². The molecule has 0 unspecified atom stereocenters. The first kappa shape index (κ1) is 13.3. The normalized spacial score (nSPS) is 12.0. The van der Waals surface area contributed by atoms with Crippen LogP contribution in [0, 0.1) is 6.92 Å². The molecule has 0 bridgehead atoms. The van der Waals surface area contributed by atoms with Gasteiger partial charge in [-0.15, -0.1) is 0 Å². The second kappa shape index (κ2) is 5.46. The third kappa shape index (κ3) is 2.25. The van der Waals surface area contributed by atoms with E-state index >= 15 is 0 Å². The summed E-state index contributed by atoms with van der Waals surface area (Å²) in [6, 6.07) is 24.2. The van der Waals surface area contributed by atoms with Crippen LogP contribution in [-0.4, -0.2) is 0 Å². The van der Waals surface area contributed by atoms with Crippen molar-refractivity contribution in [2.45, 2.75) is 26.2 Å². The summed E-state index contributed by atoms with van der Waals surface area (Å²) in [6.45, 7) is 2.25. The fourth-order valence-corrected chi connectivity index (χ4v) is 3.65. The predicted octanol–water partition coefficient (Wildman–Crippen LogP) is 5.35. The minimum absolute atomic E-state index is 1.09. The highest BCUT2D eigenvalue weighted by molar-refractivity contribution is 5.78. The lowest BCUT2D eigenvalue weighted by Gasteiger charge is -2.12. The van der Waals surface area contributed by atoms with Gasteiger partial charge in [0.25, 0.3) is 0 Å². The van der Waals surface area contributed by atoms with Gasteiger partial charge in [-0.3, -0.25) is 0 Å². The Labute approximate surface area is 132 Å². The Morgan fingerprint density at radius 2 is 1.50 bits per heavy atom. The highest BCUT2D eigenvalue weighted by Crippen LogP contribution is 2.39. The Morgan fingerprint density at radius 1 is 0.727 bits per heavy atom. The number of hydrogen-bond donors (Lipinski definition) is 0. The van der Waals surface area contributed by atoms with E-state index in [1.165, 1.54) is 27.8 Å². The smallest absolute Gasteiger partial charge is 0.00106 e. The van der Waals surface area contributed by atoms with Crippen molar-refractivity contribution in [1.82, 2.24) is 0 Å². The van der Waals surface area contributed by atoms with Crippen molar-refractivity contribution in [2.24, 2.45) is 0 Å². The van der Waals surface area contributed by atoms with Gasteiger partial charge < -0.3 is 0 Å².